The summed E-state index contributed by atoms with van der Waals surface area (Å²) in [6.45, 7) is 3.24. The zero-order valence-electron chi connectivity index (χ0n) is 14.7. The summed E-state index contributed by atoms with van der Waals surface area (Å²) in [5, 5.41) is 11.5. The number of hydrogen-bond acceptors (Lipinski definition) is 5. The average Bonchev–Trinajstić information content (AvgIpc) is 2.66. The molecule has 0 spiro atoms. The zero-order chi connectivity index (χ0) is 18.9. The van der Waals surface area contributed by atoms with Crippen LogP contribution in [0.5, 0.6) is 5.75 Å². The van der Waals surface area contributed by atoms with Crippen LogP contribution in [0.3, 0.4) is 0 Å². The second-order valence-corrected chi connectivity index (χ2v) is 5.60. The van der Waals surface area contributed by atoms with Gasteiger partial charge in [0.05, 0.1) is 11.6 Å². The van der Waals surface area contributed by atoms with Gasteiger partial charge in [-0.15, -0.1) is 0 Å². The van der Waals surface area contributed by atoms with E-state index in [1.54, 1.807) is 30.3 Å². The predicted molar refractivity (Wildman–Crippen MR) is 96.7 cm³/mol. The monoisotopic (exact) mass is 352 g/mol. The normalized spacial score (nSPS) is 11.1. The van der Waals surface area contributed by atoms with Gasteiger partial charge in [-0.3, -0.25) is 4.79 Å². The minimum absolute atomic E-state index is 0.285. The smallest absolute Gasteiger partial charge is 0.344 e. The summed E-state index contributed by atoms with van der Waals surface area (Å²) in [7, 11) is 0. The maximum Gasteiger partial charge on any atom is 0.344 e. The summed E-state index contributed by atoms with van der Waals surface area (Å²) in [5.74, 6) is -0.566. The summed E-state index contributed by atoms with van der Waals surface area (Å²) >= 11 is 0. The van der Waals surface area contributed by atoms with Crippen LogP contribution in [0.25, 0.3) is 0 Å². The third-order valence-electron chi connectivity index (χ3n) is 3.62. The van der Waals surface area contributed by atoms with Gasteiger partial charge in [0.2, 0.25) is 0 Å². The predicted octanol–water partition coefficient (Wildman–Crippen LogP) is 3.07. The SMILES string of the molecule is CCc1ccc(OCC(=O)O[C@@H](C)C(=O)Nc2cccc(C#N)c2)cc1. The van der Waals surface area contributed by atoms with Crippen molar-refractivity contribution < 1.29 is 19.1 Å². The Balaban J connectivity index is 1.81. The number of ether oxygens (including phenoxy) is 2. The maximum atomic E-state index is 12.1. The molecule has 0 saturated carbocycles. The molecular weight excluding hydrogens is 332 g/mol. The second-order valence-electron chi connectivity index (χ2n) is 5.60. The Morgan fingerprint density at radius 2 is 1.92 bits per heavy atom. The van der Waals surface area contributed by atoms with Crippen molar-refractivity contribution >= 4 is 17.6 Å². The molecule has 1 amide bonds. The summed E-state index contributed by atoms with van der Waals surface area (Å²) in [4.78, 5) is 23.9. The van der Waals surface area contributed by atoms with Gasteiger partial charge in [0.15, 0.2) is 12.7 Å². The fourth-order valence-corrected chi connectivity index (χ4v) is 2.16. The summed E-state index contributed by atoms with van der Waals surface area (Å²) in [6, 6.07) is 15.9. The van der Waals surface area contributed by atoms with Crippen molar-refractivity contribution in [2.75, 3.05) is 11.9 Å². The highest BCUT2D eigenvalue weighted by Gasteiger charge is 2.18. The molecule has 2 aromatic rings. The van der Waals surface area contributed by atoms with Gasteiger partial charge >= 0.3 is 5.97 Å². The Hall–Kier alpha value is -3.33. The van der Waals surface area contributed by atoms with Gasteiger partial charge in [-0.1, -0.05) is 25.1 Å². The van der Waals surface area contributed by atoms with Gasteiger partial charge in [0.25, 0.3) is 5.91 Å². The highest BCUT2D eigenvalue weighted by atomic mass is 16.6. The van der Waals surface area contributed by atoms with E-state index >= 15 is 0 Å². The number of carbonyl (C=O) groups excluding carboxylic acids is 2. The van der Waals surface area contributed by atoms with E-state index in [0.717, 1.165) is 6.42 Å². The van der Waals surface area contributed by atoms with Crippen LogP contribution >= 0.6 is 0 Å². The van der Waals surface area contributed by atoms with E-state index in [1.165, 1.54) is 18.6 Å². The van der Waals surface area contributed by atoms with Crippen LogP contribution in [0.1, 0.15) is 25.0 Å². The molecule has 2 aromatic carbocycles. The molecule has 26 heavy (non-hydrogen) atoms. The number of anilines is 1. The van der Waals surface area contributed by atoms with Gasteiger partial charge in [-0.25, -0.2) is 4.79 Å². The number of nitriles is 1. The molecule has 0 unspecified atom stereocenters. The number of benzene rings is 2. The van der Waals surface area contributed by atoms with E-state index < -0.39 is 18.0 Å². The molecule has 0 aliphatic heterocycles. The standard InChI is InChI=1S/C20H20N2O4/c1-3-15-7-9-18(10-8-15)25-13-19(23)26-14(2)20(24)22-17-6-4-5-16(11-17)12-21/h4-11,14H,3,13H2,1-2H3,(H,22,24)/t14-/m0/s1. The number of aryl methyl sites for hydroxylation is 1. The molecule has 2 rings (SSSR count). The van der Waals surface area contributed by atoms with Crippen molar-refractivity contribution in [2.24, 2.45) is 0 Å². The van der Waals surface area contributed by atoms with E-state index in [-0.39, 0.29) is 6.61 Å². The molecular formula is C20H20N2O4. The Kier molecular flexibility index (Phi) is 6.75. The average molecular weight is 352 g/mol. The number of nitrogens with one attached hydrogen (secondary N) is 1. The lowest BCUT2D eigenvalue weighted by atomic mass is 10.2. The third kappa shape index (κ3) is 5.64. The summed E-state index contributed by atoms with van der Waals surface area (Å²) in [6.07, 6.45) is -0.0639. The van der Waals surface area contributed by atoms with Crippen LogP contribution in [-0.2, 0) is 20.7 Å². The molecule has 0 aliphatic carbocycles. The Morgan fingerprint density at radius 3 is 2.58 bits per heavy atom. The molecule has 6 heteroatoms. The largest absolute Gasteiger partial charge is 0.482 e. The van der Waals surface area contributed by atoms with Crippen molar-refractivity contribution in [1.82, 2.24) is 0 Å². The topological polar surface area (TPSA) is 88.4 Å². The molecule has 1 atom stereocenters. The number of carbonyl (C=O) groups is 2. The van der Waals surface area contributed by atoms with E-state index in [0.29, 0.717) is 17.0 Å². The first-order chi connectivity index (χ1) is 12.5. The highest BCUT2D eigenvalue weighted by Crippen LogP contribution is 2.13. The van der Waals surface area contributed by atoms with Crippen molar-refractivity contribution in [3.63, 3.8) is 0 Å². The lowest BCUT2D eigenvalue weighted by Gasteiger charge is -2.14. The first kappa shape index (κ1) is 19.0. The van der Waals surface area contributed by atoms with Gasteiger partial charge in [0, 0.05) is 5.69 Å². The van der Waals surface area contributed by atoms with Crippen molar-refractivity contribution in [2.45, 2.75) is 26.4 Å². The second kappa shape index (κ2) is 9.23. The van der Waals surface area contributed by atoms with Crippen molar-refractivity contribution in [3.05, 3.63) is 59.7 Å². The molecule has 0 radical (unpaired) electrons. The lowest BCUT2D eigenvalue weighted by Crippen LogP contribution is -2.31. The van der Waals surface area contributed by atoms with Crippen molar-refractivity contribution in [1.29, 1.82) is 5.26 Å². The number of nitrogens with zero attached hydrogens (tertiary/aromatic N) is 1. The first-order valence-electron chi connectivity index (χ1n) is 8.24. The Morgan fingerprint density at radius 1 is 1.19 bits per heavy atom. The zero-order valence-corrected chi connectivity index (χ0v) is 14.7. The van der Waals surface area contributed by atoms with Gasteiger partial charge in [-0.05, 0) is 49.2 Å². The molecule has 6 nitrogen and oxygen atoms in total. The Bertz CT molecular complexity index is 809. The van der Waals surface area contributed by atoms with Crippen LogP contribution in [0, 0.1) is 11.3 Å². The van der Waals surface area contributed by atoms with E-state index in [1.807, 2.05) is 18.2 Å². The first-order valence-corrected chi connectivity index (χ1v) is 8.24. The number of esters is 1. The molecule has 134 valence electrons. The van der Waals surface area contributed by atoms with Crippen LogP contribution < -0.4 is 10.1 Å². The molecule has 0 aromatic heterocycles. The minimum Gasteiger partial charge on any atom is -0.482 e. The van der Waals surface area contributed by atoms with Gasteiger partial charge in [0.1, 0.15) is 5.75 Å². The van der Waals surface area contributed by atoms with E-state index in [9.17, 15) is 9.59 Å². The number of hydrogen-bond donors (Lipinski definition) is 1. The molecule has 0 heterocycles. The van der Waals surface area contributed by atoms with Crippen LogP contribution in [0.4, 0.5) is 5.69 Å². The molecule has 0 saturated heterocycles. The molecule has 1 N–H and O–H groups in total. The summed E-state index contributed by atoms with van der Waals surface area (Å²) < 4.78 is 10.4. The van der Waals surface area contributed by atoms with Crippen LogP contribution in [0.2, 0.25) is 0 Å². The highest BCUT2D eigenvalue weighted by molar-refractivity contribution is 5.95. The van der Waals surface area contributed by atoms with Crippen LogP contribution in [0.15, 0.2) is 48.5 Å². The van der Waals surface area contributed by atoms with Crippen LogP contribution in [-0.4, -0.2) is 24.6 Å². The maximum absolute atomic E-state index is 12.1. The van der Waals surface area contributed by atoms with E-state index in [2.05, 4.69) is 12.2 Å². The van der Waals surface area contributed by atoms with Crippen molar-refractivity contribution in [3.8, 4) is 11.8 Å². The Labute approximate surface area is 152 Å². The van der Waals surface area contributed by atoms with Gasteiger partial charge in [-0.2, -0.15) is 5.26 Å². The fourth-order valence-electron chi connectivity index (χ4n) is 2.16. The fraction of sp³-hybridized carbons (Fsp3) is 0.250. The number of amides is 1. The molecule has 0 bridgehead atoms. The van der Waals surface area contributed by atoms with E-state index in [4.69, 9.17) is 14.7 Å². The molecule has 0 fully saturated rings. The lowest BCUT2D eigenvalue weighted by molar-refractivity contribution is -0.155. The summed E-state index contributed by atoms with van der Waals surface area (Å²) in [5.41, 5.74) is 2.06. The minimum atomic E-state index is -0.987. The number of rotatable bonds is 7. The third-order valence-corrected chi connectivity index (χ3v) is 3.62. The molecule has 0 aliphatic rings. The quantitative estimate of drug-likeness (QED) is 0.774. The van der Waals surface area contributed by atoms with Gasteiger partial charge < -0.3 is 14.8 Å².